The summed E-state index contributed by atoms with van der Waals surface area (Å²) in [5, 5.41) is 0. The van der Waals surface area contributed by atoms with Crippen LogP contribution in [-0.4, -0.2) is 13.3 Å². The summed E-state index contributed by atoms with van der Waals surface area (Å²) in [6, 6.07) is 27.3. The fourth-order valence-corrected chi connectivity index (χ4v) is 6.22. The molecule has 0 spiro atoms. The van der Waals surface area contributed by atoms with Crippen LogP contribution in [0.1, 0.15) is 22.4 Å². The van der Waals surface area contributed by atoms with E-state index in [9.17, 15) is 0 Å². The van der Waals surface area contributed by atoms with E-state index in [2.05, 4.69) is 94.7 Å². The third-order valence-electron chi connectivity index (χ3n) is 4.33. The maximum absolute atomic E-state index is 6.50. The smallest absolute Gasteiger partial charge is 0.199 e. The van der Waals surface area contributed by atoms with Gasteiger partial charge in [0.05, 0.1) is 12.3 Å². The van der Waals surface area contributed by atoms with Crippen molar-refractivity contribution >= 4 is 24.2 Å². The van der Waals surface area contributed by atoms with E-state index in [4.69, 9.17) is 4.43 Å². The molecule has 0 radical (unpaired) electrons. The molecule has 0 amide bonds. The molecule has 3 aromatic rings. The van der Waals surface area contributed by atoms with Gasteiger partial charge in [0.2, 0.25) is 0 Å². The Hall–Kier alpha value is -1.75. The normalized spacial score (nSPS) is 11.7. The van der Waals surface area contributed by atoms with Crippen molar-refractivity contribution in [2.24, 2.45) is 0 Å². The quantitative estimate of drug-likeness (QED) is 0.369. The number of benzene rings is 2. The standard InChI is InChI=1S/C21H22BrNOSi/c1-25(2,24-16-19-14-9-15-20(22)23-19)21(17-10-5-3-6-11-17)18-12-7-4-8-13-18/h3-15,21H,16H2,1-2H3. The second-order valence-electron chi connectivity index (χ2n) is 6.60. The second-order valence-corrected chi connectivity index (χ2v) is 11.5. The van der Waals surface area contributed by atoms with Crippen molar-refractivity contribution in [3.63, 3.8) is 0 Å². The molecule has 3 rings (SSSR count). The lowest BCUT2D eigenvalue weighted by molar-refractivity contribution is 0.285. The SMILES string of the molecule is C[Si](C)(OCc1cccc(Br)n1)C(c1ccccc1)c1ccccc1. The van der Waals surface area contributed by atoms with E-state index < -0.39 is 8.32 Å². The minimum Gasteiger partial charge on any atom is -0.411 e. The fraction of sp³-hybridized carbons (Fsp3) is 0.190. The number of nitrogens with zero attached hydrogens (tertiary/aromatic N) is 1. The molecular weight excluding hydrogens is 390 g/mol. The van der Waals surface area contributed by atoms with Crippen molar-refractivity contribution in [2.45, 2.75) is 25.2 Å². The van der Waals surface area contributed by atoms with Crippen LogP contribution in [0.15, 0.2) is 83.5 Å². The minimum absolute atomic E-state index is 0.280. The molecule has 0 N–H and O–H groups in total. The Morgan fingerprint density at radius 3 is 1.92 bits per heavy atom. The summed E-state index contributed by atoms with van der Waals surface area (Å²) in [7, 11) is -2.07. The van der Waals surface area contributed by atoms with Crippen LogP contribution < -0.4 is 0 Å². The summed E-state index contributed by atoms with van der Waals surface area (Å²) >= 11 is 3.43. The zero-order valence-electron chi connectivity index (χ0n) is 14.5. The molecule has 0 saturated carbocycles. The lowest BCUT2D eigenvalue weighted by Crippen LogP contribution is -2.39. The predicted molar refractivity (Wildman–Crippen MR) is 109 cm³/mol. The van der Waals surface area contributed by atoms with E-state index in [1.807, 2.05) is 18.2 Å². The van der Waals surface area contributed by atoms with Crippen LogP contribution in [0.4, 0.5) is 0 Å². The van der Waals surface area contributed by atoms with Gasteiger partial charge in [-0.2, -0.15) is 0 Å². The monoisotopic (exact) mass is 411 g/mol. The second kappa shape index (κ2) is 8.08. The molecule has 2 nitrogen and oxygen atoms in total. The Balaban J connectivity index is 1.89. The number of aromatic nitrogens is 1. The first-order valence-electron chi connectivity index (χ1n) is 8.41. The topological polar surface area (TPSA) is 22.1 Å². The molecule has 1 heterocycles. The molecule has 1 aromatic heterocycles. The van der Waals surface area contributed by atoms with Gasteiger partial charge in [-0.15, -0.1) is 0 Å². The van der Waals surface area contributed by atoms with Gasteiger partial charge in [0, 0.05) is 5.54 Å². The third-order valence-corrected chi connectivity index (χ3v) is 7.71. The highest BCUT2D eigenvalue weighted by molar-refractivity contribution is 9.10. The van der Waals surface area contributed by atoms with Gasteiger partial charge in [-0.25, -0.2) is 4.98 Å². The molecule has 0 bridgehead atoms. The highest BCUT2D eigenvalue weighted by Crippen LogP contribution is 2.34. The fourth-order valence-electron chi connectivity index (χ4n) is 3.16. The Labute approximate surface area is 159 Å². The van der Waals surface area contributed by atoms with E-state index in [0.29, 0.717) is 6.61 Å². The Bertz CT molecular complexity index is 769. The van der Waals surface area contributed by atoms with E-state index in [-0.39, 0.29) is 5.54 Å². The van der Waals surface area contributed by atoms with Crippen molar-refractivity contribution in [1.29, 1.82) is 0 Å². The predicted octanol–water partition coefficient (Wildman–Crippen LogP) is 5.94. The maximum atomic E-state index is 6.50. The van der Waals surface area contributed by atoms with Crippen molar-refractivity contribution in [2.75, 3.05) is 0 Å². The Morgan fingerprint density at radius 1 is 0.840 bits per heavy atom. The zero-order valence-corrected chi connectivity index (χ0v) is 17.1. The van der Waals surface area contributed by atoms with Gasteiger partial charge < -0.3 is 4.43 Å². The highest BCUT2D eigenvalue weighted by atomic mass is 79.9. The highest BCUT2D eigenvalue weighted by Gasteiger charge is 2.36. The summed E-state index contributed by atoms with van der Waals surface area (Å²) < 4.78 is 7.34. The van der Waals surface area contributed by atoms with Crippen molar-refractivity contribution < 1.29 is 4.43 Å². The average Bonchev–Trinajstić information content (AvgIpc) is 2.62. The molecule has 2 aromatic carbocycles. The molecule has 0 atom stereocenters. The molecule has 0 saturated heterocycles. The molecule has 25 heavy (non-hydrogen) atoms. The minimum atomic E-state index is -2.07. The van der Waals surface area contributed by atoms with Gasteiger partial charge in [0.1, 0.15) is 4.60 Å². The van der Waals surface area contributed by atoms with Crippen LogP contribution in [0.5, 0.6) is 0 Å². The lowest BCUT2D eigenvalue weighted by atomic mass is 10.0. The average molecular weight is 412 g/mol. The first-order valence-corrected chi connectivity index (χ1v) is 12.2. The van der Waals surface area contributed by atoms with Crippen LogP contribution in [0, 0.1) is 0 Å². The van der Waals surface area contributed by atoms with Gasteiger partial charge in [-0.05, 0) is 52.3 Å². The third kappa shape index (κ3) is 4.66. The zero-order chi connectivity index (χ0) is 17.7. The van der Waals surface area contributed by atoms with Crippen LogP contribution in [0.3, 0.4) is 0 Å². The van der Waals surface area contributed by atoms with Crippen LogP contribution >= 0.6 is 15.9 Å². The Morgan fingerprint density at radius 2 is 1.40 bits per heavy atom. The maximum Gasteiger partial charge on any atom is 0.199 e. The number of pyridine rings is 1. The first-order chi connectivity index (χ1) is 12.1. The van der Waals surface area contributed by atoms with Crippen molar-refractivity contribution in [1.82, 2.24) is 4.98 Å². The largest absolute Gasteiger partial charge is 0.411 e. The Kier molecular flexibility index (Phi) is 5.84. The molecule has 4 heteroatoms. The molecule has 128 valence electrons. The van der Waals surface area contributed by atoms with Crippen LogP contribution in [-0.2, 0) is 11.0 Å². The van der Waals surface area contributed by atoms with E-state index in [0.717, 1.165) is 10.3 Å². The van der Waals surface area contributed by atoms with Gasteiger partial charge in [-0.3, -0.25) is 0 Å². The van der Waals surface area contributed by atoms with E-state index in [1.165, 1.54) is 11.1 Å². The molecule has 0 fully saturated rings. The summed E-state index contributed by atoms with van der Waals surface area (Å²) in [5.41, 5.74) is 3.86. The summed E-state index contributed by atoms with van der Waals surface area (Å²) in [5.74, 6) is 0. The molecule has 0 aliphatic heterocycles. The molecule has 0 aliphatic carbocycles. The summed E-state index contributed by atoms with van der Waals surface area (Å²) in [6.45, 7) is 5.11. The van der Waals surface area contributed by atoms with Crippen molar-refractivity contribution in [3.8, 4) is 0 Å². The molecular formula is C21H22BrNOSi. The van der Waals surface area contributed by atoms with Gasteiger partial charge >= 0.3 is 0 Å². The number of halogens is 1. The number of hydrogen-bond donors (Lipinski definition) is 0. The summed E-state index contributed by atoms with van der Waals surface area (Å²) in [6.07, 6.45) is 0. The number of hydrogen-bond acceptors (Lipinski definition) is 2. The summed E-state index contributed by atoms with van der Waals surface area (Å²) in [4.78, 5) is 4.49. The van der Waals surface area contributed by atoms with E-state index in [1.54, 1.807) is 0 Å². The van der Waals surface area contributed by atoms with Gasteiger partial charge in [0.15, 0.2) is 8.32 Å². The van der Waals surface area contributed by atoms with E-state index >= 15 is 0 Å². The van der Waals surface area contributed by atoms with Crippen LogP contribution in [0.2, 0.25) is 13.1 Å². The van der Waals surface area contributed by atoms with Gasteiger partial charge in [0.25, 0.3) is 0 Å². The number of rotatable bonds is 6. The molecule has 0 unspecified atom stereocenters. The van der Waals surface area contributed by atoms with Gasteiger partial charge in [-0.1, -0.05) is 66.7 Å². The van der Waals surface area contributed by atoms with Crippen LogP contribution in [0.25, 0.3) is 0 Å². The molecule has 0 aliphatic rings. The first kappa shape index (κ1) is 18.1. The lowest BCUT2D eigenvalue weighted by Gasteiger charge is -2.33. The van der Waals surface area contributed by atoms with Crippen molar-refractivity contribution in [3.05, 3.63) is 100 Å².